The maximum Gasteiger partial charge on any atom is 0.413 e. The Morgan fingerprint density at radius 2 is 1.63 bits per heavy atom. The van der Waals surface area contributed by atoms with Crippen molar-refractivity contribution in [1.82, 2.24) is 0 Å². The van der Waals surface area contributed by atoms with Crippen molar-refractivity contribution in [2.45, 2.75) is 119 Å². The fraction of sp³-hybridized carbons (Fsp3) is 0.882. The van der Waals surface area contributed by atoms with E-state index in [0.29, 0.717) is 36.7 Å². The standard InChI is InChI=1S/C34H49F3O4/c1-18(2)19-10-13-33(28(39)40)15-14-31(6)21(26(19)33)8-9-24-30(5)17-20-22(34(35,36)37)16-25(38)41-27(20)29(3,4)23(30)11-12-32(24,31)7/h16,18-21,23-24,26-27H,8-15,17H2,1-7H3,(H,39,40)/t19-,20?,21+,23-,24+,26+,27?,30-,31+,32+,33-/m0/s1. The van der Waals surface area contributed by atoms with Gasteiger partial charge in [0.1, 0.15) is 6.10 Å². The van der Waals surface area contributed by atoms with Crippen molar-refractivity contribution < 1.29 is 32.6 Å². The summed E-state index contributed by atoms with van der Waals surface area (Å²) in [6, 6.07) is 0. The van der Waals surface area contributed by atoms with Gasteiger partial charge in [-0.2, -0.15) is 13.2 Å². The third-order valence-electron chi connectivity index (χ3n) is 14.9. The smallest absolute Gasteiger partial charge is 0.413 e. The third kappa shape index (κ3) is 3.65. The Hall–Kier alpha value is -1.53. The lowest BCUT2D eigenvalue weighted by molar-refractivity contribution is -0.262. The summed E-state index contributed by atoms with van der Waals surface area (Å²) < 4.78 is 48.9. The van der Waals surface area contributed by atoms with Gasteiger partial charge in [-0.3, -0.25) is 4.79 Å². The summed E-state index contributed by atoms with van der Waals surface area (Å²) in [5, 5.41) is 10.6. The van der Waals surface area contributed by atoms with E-state index in [9.17, 15) is 27.9 Å². The molecule has 7 heteroatoms. The SMILES string of the molecule is CC(C)[C@@H]1CC[C@]2(C(=O)O)CC[C@]3(C)[C@H](CC[C@@H]4[C@@]5(C)CC6C(C(F)(F)F)=CC(=O)OC6C(C)(C)[C@@H]5CC[C@]43C)[C@@H]12. The highest BCUT2D eigenvalue weighted by atomic mass is 19.4. The van der Waals surface area contributed by atoms with Crippen LogP contribution < -0.4 is 0 Å². The summed E-state index contributed by atoms with van der Waals surface area (Å²) in [6.45, 7) is 15.7. The lowest BCUT2D eigenvalue weighted by atomic mass is 9.31. The molecule has 0 aromatic carbocycles. The largest absolute Gasteiger partial charge is 0.481 e. The maximum atomic E-state index is 14.4. The van der Waals surface area contributed by atoms with Crippen molar-refractivity contribution in [3.8, 4) is 0 Å². The zero-order chi connectivity index (χ0) is 30.1. The van der Waals surface area contributed by atoms with Gasteiger partial charge in [0.25, 0.3) is 0 Å². The van der Waals surface area contributed by atoms with Crippen LogP contribution >= 0.6 is 0 Å². The summed E-state index contributed by atoms with van der Waals surface area (Å²) in [7, 11) is 0. The number of ether oxygens (including phenoxy) is 1. The van der Waals surface area contributed by atoms with Crippen LogP contribution in [-0.2, 0) is 14.3 Å². The molecule has 0 saturated heterocycles. The molecule has 1 N–H and O–H groups in total. The monoisotopic (exact) mass is 578 g/mol. The quantitative estimate of drug-likeness (QED) is 0.334. The fourth-order valence-corrected chi connectivity index (χ4v) is 13.1. The van der Waals surface area contributed by atoms with Crippen LogP contribution in [0.25, 0.3) is 0 Å². The second kappa shape index (κ2) is 8.77. The summed E-state index contributed by atoms with van der Waals surface area (Å²) in [6.07, 6.45) is 2.83. The van der Waals surface area contributed by atoms with Gasteiger partial charge in [-0.1, -0.05) is 48.5 Å². The van der Waals surface area contributed by atoms with E-state index in [-0.39, 0.29) is 34.0 Å². The maximum absolute atomic E-state index is 14.4. The molecule has 2 unspecified atom stereocenters. The molecule has 11 atom stereocenters. The molecule has 0 spiro atoms. The molecule has 0 radical (unpaired) electrons. The summed E-state index contributed by atoms with van der Waals surface area (Å²) in [5.74, 6) is -0.666. The minimum absolute atomic E-state index is 0.0618. The molecule has 6 rings (SSSR count). The molecule has 41 heavy (non-hydrogen) atoms. The Balaban J connectivity index is 1.42. The zero-order valence-electron chi connectivity index (χ0n) is 25.9. The highest BCUT2D eigenvalue weighted by Crippen LogP contribution is 2.78. The first-order valence-corrected chi connectivity index (χ1v) is 16.1. The number of carboxylic acids is 1. The molecule has 0 bridgehead atoms. The minimum atomic E-state index is -4.57. The van der Waals surface area contributed by atoms with Crippen LogP contribution in [0, 0.1) is 68.5 Å². The van der Waals surface area contributed by atoms with E-state index >= 15 is 0 Å². The summed E-state index contributed by atoms with van der Waals surface area (Å²) in [4.78, 5) is 25.3. The molecular weight excluding hydrogens is 529 g/mol. The van der Waals surface area contributed by atoms with Gasteiger partial charge in [-0.05, 0) is 110 Å². The molecule has 6 aliphatic rings. The van der Waals surface area contributed by atoms with Gasteiger partial charge in [0, 0.05) is 23.0 Å². The molecular formula is C34H49F3O4. The zero-order valence-corrected chi connectivity index (χ0v) is 25.9. The van der Waals surface area contributed by atoms with Gasteiger partial charge in [0.2, 0.25) is 0 Å². The number of aliphatic carboxylic acids is 1. The van der Waals surface area contributed by atoms with Crippen molar-refractivity contribution in [3.63, 3.8) is 0 Å². The van der Waals surface area contributed by atoms with Crippen LogP contribution in [-0.4, -0.2) is 29.3 Å². The van der Waals surface area contributed by atoms with Crippen molar-refractivity contribution in [2.24, 2.45) is 68.5 Å². The highest BCUT2D eigenvalue weighted by molar-refractivity contribution is 5.84. The second-order valence-electron chi connectivity index (χ2n) is 16.7. The normalized spacial score (nSPS) is 50.5. The predicted molar refractivity (Wildman–Crippen MR) is 150 cm³/mol. The average molecular weight is 579 g/mol. The Labute approximate surface area is 243 Å². The van der Waals surface area contributed by atoms with Crippen LogP contribution in [0.4, 0.5) is 13.2 Å². The first-order chi connectivity index (χ1) is 18.8. The third-order valence-corrected chi connectivity index (χ3v) is 14.9. The number of esters is 1. The Bertz CT molecular complexity index is 1170. The minimum Gasteiger partial charge on any atom is -0.481 e. The number of halogens is 3. The lowest BCUT2D eigenvalue weighted by Gasteiger charge is -2.73. The van der Waals surface area contributed by atoms with Crippen molar-refractivity contribution >= 4 is 11.9 Å². The first kappa shape index (κ1) is 29.5. The topological polar surface area (TPSA) is 63.6 Å². The molecule has 0 aromatic rings. The summed E-state index contributed by atoms with van der Waals surface area (Å²) >= 11 is 0. The average Bonchev–Trinajstić information content (AvgIpc) is 3.25. The molecule has 1 aliphatic heterocycles. The van der Waals surface area contributed by atoms with Crippen LogP contribution in [0.15, 0.2) is 11.6 Å². The molecule has 5 aliphatic carbocycles. The van der Waals surface area contributed by atoms with E-state index in [1.807, 2.05) is 13.8 Å². The van der Waals surface area contributed by atoms with Gasteiger partial charge in [-0.25, -0.2) is 4.79 Å². The number of hydrogen-bond acceptors (Lipinski definition) is 3. The Kier molecular flexibility index (Phi) is 6.32. The lowest BCUT2D eigenvalue weighted by Crippen LogP contribution is -2.68. The van der Waals surface area contributed by atoms with E-state index in [4.69, 9.17) is 4.74 Å². The van der Waals surface area contributed by atoms with E-state index in [2.05, 4.69) is 34.6 Å². The molecule has 0 amide bonds. The Morgan fingerprint density at radius 3 is 2.24 bits per heavy atom. The Morgan fingerprint density at radius 1 is 0.951 bits per heavy atom. The molecule has 5 saturated carbocycles. The number of alkyl halides is 3. The van der Waals surface area contributed by atoms with Gasteiger partial charge < -0.3 is 9.84 Å². The van der Waals surface area contributed by atoms with Crippen molar-refractivity contribution in [1.29, 1.82) is 0 Å². The number of fused-ring (bicyclic) bond motifs is 8. The van der Waals surface area contributed by atoms with Crippen LogP contribution in [0.3, 0.4) is 0 Å². The van der Waals surface area contributed by atoms with Crippen molar-refractivity contribution in [2.75, 3.05) is 0 Å². The van der Waals surface area contributed by atoms with E-state index in [1.54, 1.807) is 0 Å². The van der Waals surface area contributed by atoms with E-state index in [0.717, 1.165) is 44.9 Å². The van der Waals surface area contributed by atoms with Crippen molar-refractivity contribution in [3.05, 3.63) is 11.6 Å². The highest BCUT2D eigenvalue weighted by Gasteiger charge is 2.73. The number of carbonyl (C=O) groups is 2. The molecule has 230 valence electrons. The molecule has 0 aromatic heterocycles. The van der Waals surface area contributed by atoms with Gasteiger partial charge in [0.15, 0.2) is 0 Å². The second-order valence-corrected chi connectivity index (χ2v) is 16.7. The number of carboxylic acid groups (broad SMARTS) is 1. The predicted octanol–water partition coefficient (Wildman–Crippen LogP) is 8.45. The van der Waals surface area contributed by atoms with Gasteiger partial charge in [-0.15, -0.1) is 0 Å². The van der Waals surface area contributed by atoms with E-state index < -0.39 is 46.5 Å². The van der Waals surface area contributed by atoms with Gasteiger partial charge >= 0.3 is 18.1 Å². The van der Waals surface area contributed by atoms with Crippen LogP contribution in [0.2, 0.25) is 0 Å². The first-order valence-electron chi connectivity index (χ1n) is 16.1. The number of rotatable bonds is 2. The number of carbonyl (C=O) groups excluding carboxylic acids is 1. The molecule has 5 fully saturated rings. The molecule has 1 heterocycles. The molecule has 4 nitrogen and oxygen atoms in total. The summed E-state index contributed by atoms with van der Waals surface area (Å²) in [5.41, 5.74) is -2.43. The van der Waals surface area contributed by atoms with Gasteiger partial charge in [0.05, 0.1) is 5.41 Å². The van der Waals surface area contributed by atoms with E-state index in [1.165, 1.54) is 0 Å². The van der Waals surface area contributed by atoms with Crippen LogP contribution in [0.5, 0.6) is 0 Å². The number of hydrogen-bond donors (Lipinski definition) is 1. The fourth-order valence-electron chi connectivity index (χ4n) is 13.1. The van der Waals surface area contributed by atoms with Crippen LogP contribution in [0.1, 0.15) is 106 Å².